The summed E-state index contributed by atoms with van der Waals surface area (Å²) < 4.78 is 5.28. The molecule has 44 heavy (non-hydrogen) atoms. The molecule has 0 saturated heterocycles. The highest BCUT2D eigenvalue weighted by Gasteiger charge is 2.23. The van der Waals surface area contributed by atoms with Gasteiger partial charge in [-0.15, -0.1) is 0 Å². The second-order valence-electron chi connectivity index (χ2n) is 10.2. The molecule has 7 N–H and O–H groups in total. The third kappa shape index (κ3) is 10.0. The average molecular weight is 610 g/mol. The quantitative estimate of drug-likeness (QED) is 0.0732. The summed E-state index contributed by atoms with van der Waals surface area (Å²) in [5, 5.41) is 15.0. The number of benzene rings is 1. The van der Waals surface area contributed by atoms with Crippen molar-refractivity contribution in [3.63, 3.8) is 0 Å². The Morgan fingerprint density at radius 2 is 1.82 bits per heavy atom. The van der Waals surface area contributed by atoms with Crippen molar-refractivity contribution in [2.24, 2.45) is 4.99 Å². The molecule has 0 bridgehead atoms. The Labute approximate surface area is 254 Å². The number of amidine groups is 1. The minimum absolute atomic E-state index is 0.0149. The number of anilines is 3. The van der Waals surface area contributed by atoms with Gasteiger partial charge in [-0.25, -0.2) is 19.8 Å². The van der Waals surface area contributed by atoms with Gasteiger partial charge in [0.05, 0.1) is 18.4 Å². The van der Waals surface area contributed by atoms with Crippen molar-refractivity contribution in [1.29, 1.82) is 0 Å². The number of fused-ring (bicyclic) bond motifs is 1. The number of nitrogens with one attached hydrogen (secondary N) is 2. The second kappa shape index (κ2) is 15.9. The highest BCUT2D eigenvalue weighted by molar-refractivity contribution is 5.97. The first kappa shape index (κ1) is 33.4. The fourth-order valence-electron chi connectivity index (χ4n) is 4.02. The first-order valence-electron chi connectivity index (χ1n) is 14.0. The van der Waals surface area contributed by atoms with Crippen molar-refractivity contribution in [3.05, 3.63) is 41.7 Å². The molecular weight excluding hydrogens is 570 g/mol. The molecule has 2 aromatic heterocycles. The first-order valence-corrected chi connectivity index (χ1v) is 14.0. The Bertz CT molecular complexity index is 1480. The van der Waals surface area contributed by atoms with Crippen LogP contribution in [0.3, 0.4) is 0 Å². The number of ether oxygens (including phenoxy) is 1. The number of nitrogens with zero attached hydrogens (tertiary/aromatic N) is 7. The molecule has 16 nitrogen and oxygen atoms in total. The Kier molecular flexibility index (Phi) is 12.1. The molecule has 0 saturated carbocycles. The molecule has 236 valence electrons. The summed E-state index contributed by atoms with van der Waals surface area (Å²) in [4.78, 5) is 61.9. The lowest BCUT2D eigenvalue weighted by Crippen LogP contribution is -2.41. The molecule has 0 aliphatic heterocycles. The SMILES string of the molecule is CCNC(=NCCCN(C)C)OC(=O)CC[C@H](NC(=O)c1ccc(N(C)Cc2cnc3nc(N)nc(N)c3n2)cc1)C(=O)O. The van der Waals surface area contributed by atoms with E-state index in [9.17, 15) is 19.5 Å². The highest BCUT2D eigenvalue weighted by Crippen LogP contribution is 2.19. The number of hydrogen-bond acceptors (Lipinski definition) is 13. The fraction of sp³-hybridized carbons (Fsp3) is 0.429. The van der Waals surface area contributed by atoms with Crippen molar-refractivity contribution in [2.75, 3.05) is 57.1 Å². The predicted molar refractivity (Wildman–Crippen MR) is 166 cm³/mol. The van der Waals surface area contributed by atoms with Crippen molar-refractivity contribution >= 4 is 52.5 Å². The number of aliphatic carboxylic acids is 1. The number of aliphatic imine (C=N–C) groups is 1. The standard InChI is InChI=1S/C28H39N11O5/c1-5-31-28(32-13-6-14-38(2)3)44-21(40)12-11-20(26(42)43)35-25(41)17-7-9-19(10-8-17)39(4)16-18-15-33-24-22(34-18)23(29)36-27(30)37-24/h7-10,15,20H,5-6,11-14,16H2,1-4H3,(H,31,32)(H,35,41)(H,42,43)(H4,29,30,33,36,37)/t20-/m0/s1. The van der Waals surface area contributed by atoms with E-state index in [-0.39, 0.29) is 36.2 Å². The summed E-state index contributed by atoms with van der Waals surface area (Å²) in [5.74, 6) is -2.36. The molecule has 3 rings (SSSR count). The van der Waals surface area contributed by atoms with E-state index in [0.29, 0.717) is 36.5 Å². The van der Waals surface area contributed by atoms with Crippen molar-refractivity contribution in [1.82, 2.24) is 35.5 Å². The predicted octanol–water partition coefficient (Wildman–Crippen LogP) is 0.644. The number of rotatable bonds is 14. The van der Waals surface area contributed by atoms with E-state index >= 15 is 0 Å². The van der Waals surface area contributed by atoms with E-state index in [1.165, 1.54) is 0 Å². The van der Waals surface area contributed by atoms with Gasteiger partial charge in [0.2, 0.25) is 5.95 Å². The van der Waals surface area contributed by atoms with Crippen LogP contribution in [0.1, 0.15) is 42.2 Å². The Morgan fingerprint density at radius 1 is 1.09 bits per heavy atom. The maximum Gasteiger partial charge on any atom is 0.326 e. The van der Waals surface area contributed by atoms with E-state index in [2.05, 4.69) is 35.6 Å². The van der Waals surface area contributed by atoms with Gasteiger partial charge in [-0.2, -0.15) is 9.97 Å². The van der Waals surface area contributed by atoms with Crippen LogP contribution in [0.15, 0.2) is 35.5 Å². The Hall–Kier alpha value is -5.12. The van der Waals surface area contributed by atoms with Gasteiger partial charge in [-0.3, -0.25) is 9.59 Å². The number of hydrogen-bond donors (Lipinski definition) is 5. The van der Waals surface area contributed by atoms with Gasteiger partial charge in [0, 0.05) is 37.8 Å². The number of carbonyl (C=O) groups is 3. The molecule has 2 heterocycles. The lowest BCUT2D eigenvalue weighted by atomic mass is 10.1. The van der Waals surface area contributed by atoms with E-state index < -0.39 is 23.9 Å². The number of carbonyl (C=O) groups excluding carboxylic acids is 2. The number of carboxylic acid groups (broad SMARTS) is 1. The van der Waals surface area contributed by atoms with Crippen molar-refractivity contribution in [3.8, 4) is 0 Å². The van der Waals surface area contributed by atoms with Gasteiger partial charge < -0.3 is 41.7 Å². The number of aromatic nitrogens is 4. The Morgan fingerprint density at radius 3 is 2.48 bits per heavy atom. The zero-order chi connectivity index (χ0) is 32.2. The summed E-state index contributed by atoms with van der Waals surface area (Å²) in [6.07, 6.45) is 1.96. The van der Waals surface area contributed by atoms with E-state index in [1.54, 1.807) is 30.5 Å². The number of esters is 1. The zero-order valence-electron chi connectivity index (χ0n) is 25.3. The highest BCUT2D eigenvalue weighted by atomic mass is 16.6. The monoisotopic (exact) mass is 609 g/mol. The molecule has 3 aromatic rings. The van der Waals surface area contributed by atoms with Crippen LogP contribution in [0.25, 0.3) is 11.2 Å². The summed E-state index contributed by atoms with van der Waals surface area (Å²) in [6, 6.07) is 5.38. The van der Waals surface area contributed by atoms with E-state index in [4.69, 9.17) is 16.2 Å². The lowest BCUT2D eigenvalue weighted by molar-refractivity contribution is -0.140. The third-order valence-corrected chi connectivity index (χ3v) is 6.27. The number of nitrogens with two attached hydrogens (primary N) is 2. The summed E-state index contributed by atoms with van der Waals surface area (Å²) in [7, 11) is 5.74. The molecule has 0 aliphatic carbocycles. The smallest absolute Gasteiger partial charge is 0.326 e. The number of nitrogen functional groups attached to an aromatic ring is 2. The van der Waals surface area contributed by atoms with Gasteiger partial charge >= 0.3 is 11.9 Å². The summed E-state index contributed by atoms with van der Waals surface area (Å²) in [5.41, 5.74) is 13.8. The number of carboxylic acids is 1. The summed E-state index contributed by atoms with van der Waals surface area (Å²) in [6.45, 7) is 4.01. The summed E-state index contributed by atoms with van der Waals surface area (Å²) >= 11 is 0. The molecular formula is C28H39N11O5. The maximum atomic E-state index is 12.8. The first-order chi connectivity index (χ1) is 21.0. The number of amides is 1. The van der Waals surface area contributed by atoms with Crippen molar-refractivity contribution < 1.29 is 24.2 Å². The van der Waals surface area contributed by atoms with Crippen molar-refractivity contribution in [2.45, 2.75) is 38.8 Å². The van der Waals surface area contributed by atoms with Crippen LogP contribution in [0.5, 0.6) is 0 Å². The maximum absolute atomic E-state index is 12.8. The zero-order valence-corrected chi connectivity index (χ0v) is 25.3. The molecule has 1 amide bonds. The molecule has 0 radical (unpaired) electrons. The largest absolute Gasteiger partial charge is 0.480 e. The molecule has 1 aromatic carbocycles. The Balaban J connectivity index is 1.55. The van der Waals surface area contributed by atoms with Crippen LogP contribution < -0.4 is 27.0 Å². The third-order valence-electron chi connectivity index (χ3n) is 6.27. The molecule has 1 atom stereocenters. The molecule has 0 fully saturated rings. The molecule has 0 unspecified atom stereocenters. The van der Waals surface area contributed by atoms with Gasteiger partial charge in [-0.05, 0) is 64.7 Å². The fourth-order valence-corrected chi connectivity index (χ4v) is 4.02. The minimum Gasteiger partial charge on any atom is -0.480 e. The van der Waals surface area contributed by atoms with Crippen LogP contribution in [-0.4, -0.2) is 101 Å². The second-order valence-corrected chi connectivity index (χ2v) is 10.2. The van der Waals surface area contributed by atoms with Crippen LogP contribution >= 0.6 is 0 Å². The van der Waals surface area contributed by atoms with E-state index in [1.807, 2.05) is 37.9 Å². The van der Waals surface area contributed by atoms with Gasteiger partial charge in [0.1, 0.15) is 6.04 Å². The molecule has 0 aliphatic rings. The lowest BCUT2D eigenvalue weighted by Gasteiger charge is -2.19. The van der Waals surface area contributed by atoms with Gasteiger partial charge in [0.15, 0.2) is 17.0 Å². The van der Waals surface area contributed by atoms with Crippen LogP contribution in [0.4, 0.5) is 17.5 Å². The minimum atomic E-state index is -1.30. The van der Waals surface area contributed by atoms with E-state index in [0.717, 1.165) is 18.7 Å². The molecule has 16 heteroatoms. The average Bonchev–Trinajstić information content (AvgIpc) is 2.97. The topological polar surface area (TPSA) is 227 Å². The van der Waals surface area contributed by atoms with Gasteiger partial charge in [-0.1, -0.05) is 0 Å². The van der Waals surface area contributed by atoms with Crippen LogP contribution in [0.2, 0.25) is 0 Å². The van der Waals surface area contributed by atoms with Gasteiger partial charge in [0.25, 0.3) is 11.9 Å². The van der Waals surface area contributed by atoms with Crippen LogP contribution in [-0.2, 0) is 20.9 Å². The molecule has 0 spiro atoms. The van der Waals surface area contributed by atoms with Crippen LogP contribution in [0, 0.1) is 0 Å². The normalized spacial score (nSPS) is 12.2.